The highest BCUT2D eigenvalue weighted by atomic mass is 127. The van der Waals surface area contributed by atoms with Gasteiger partial charge in [0.1, 0.15) is 0 Å². The Morgan fingerprint density at radius 3 is 2.58 bits per heavy atom. The molecule has 7 heteroatoms. The molecule has 1 aromatic heterocycles. The quantitative estimate of drug-likeness (QED) is 0.247. The first-order valence-corrected chi connectivity index (χ1v) is 11.4. The van der Waals surface area contributed by atoms with Gasteiger partial charge in [-0.1, -0.05) is 54.6 Å². The van der Waals surface area contributed by atoms with Crippen LogP contribution >= 0.6 is 24.0 Å². The summed E-state index contributed by atoms with van der Waals surface area (Å²) in [5, 5.41) is 7.82. The van der Waals surface area contributed by atoms with E-state index in [9.17, 15) is 0 Å². The van der Waals surface area contributed by atoms with E-state index in [4.69, 9.17) is 9.73 Å². The summed E-state index contributed by atoms with van der Waals surface area (Å²) in [4.78, 5) is 7.35. The molecule has 3 aromatic rings. The number of aromatic nitrogens is 2. The van der Waals surface area contributed by atoms with Gasteiger partial charge in [-0.15, -0.1) is 24.0 Å². The Balaban J connectivity index is 0.00000306. The topological polar surface area (TPSA) is 54.7 Å². The number of nitrogens with one attached hydrogen (secondary N) is 1. The predicted octanol–water partition coefficient (Wildman–Crippen LogP) is 4.71. The van der Waals surface area contributed by atoms with E-state index in [1.54, 1.807) is 0 Å². The average molecular weight is 559 g/mol. The summed E-state index contributed by atoms with van der Waals surface area (Å²) in [5.74, 6) is 1.49. The van der Waals surface area contributed by atoms with Gasteiger partial charge in [0.2, 0.25) is 0 Å². The summed E-state index contributed by atoms with van der Waals surface area (Å²) in [7, 11) is 1.97. The van der Waals surface area contributed by atoms with Crippen molar-refractivity contribution >= 4 is 29.9 Å². The highest BCUT2D eigenvalue weighted by molar-refractivity contribution is 14.0. The molecule has 1 unspecified atom stereocenters. The van der Waals surface area contributed by atoms with E-state index in [1.807, 2.05) is 36.1 Å². The van der Waals surface area contributed by atoms with E-state index in [-0.39, 0.29) is 24.0 Å². The molecular weight excluding hydrogens is 525 g/mol. The minimum absolute atomic E-state index is 0. The Labute approximate surface area is 214 Å². The number of rotatable bonds is 8. The van der Waals surface area contributed by atoms with Crippen molar-refractivity contribution in [2.24, 2.45) is 12.0 Å². The van der Waals surface area contributed by atoms with E-state index >= 15 is 0 Å². The molecule has 1 N–H and O–H groups in total. The number of benzene rings is 2. The number of halogens is 1. The largest absolute Gasteiger partial charge is 0.372 e. The van der Waals surface area contributed by atoms with Crippen LogP contribution in [0.5, 0.6) is 0 Å². The monoisotopic (exact) mass is 559 g/mol. The number of guanidine groups is 1. The van der Waals surface area contributed by atoms with Gasteiger partial charge < -0.3 is 15.0 Å². The van der Waals surface area contributed by atoms with Gasteiger partial charge in [0, 0.05) is 38.8 Å². The zero-order valence-electron chi connectivity index (χ0n) is 19.5. The second kappa shape index (κ2) is 12.7. The van der Waals surface area contributed by atoms with E-state index in [0.29, 0.717) is 25.7 Å². The van der Waals surface area contributed by atoms with Crippen LogP contribution in [0.15, 0.2) is 72.0 Å². The van der Waals surface area contributed by atoms with E-state index < -0.39 is 0 Å². The van der Waals surface area contributed by atoms with Crippen LogP contribution in [-0.2, 0) is 31.5 Å². The fourth-order valence-electron chi connectivity index (χ4n) is 4.17. The number of aryl methyl sites for hydroxylation is 1. The molecule has 6 nitrogen and oxygen atoms in total. The lowest BCUT2D eigenvalue weighted by Gasteiger charge is -2.22. The second-order valence-corrected chi connectivity index (χ2v) is 8.30. The Morgan fingerprint density at radius 2 is 1.85 bits per heavy atom. The minimum atomic E-state index is 0. The molecule has 2 heterocycles. The highest BCUT2D eigenvalue weighted by Gasteiger charge is 2.26. The molecule has 1 aliphatic heterocycles. The van der Waals surface area contributed by atoms with Gasteiger partial charge in [0.25, 0.3) is 0 Å². The summed E-state index contributed by atoms with van der Waals surface area (Å²) in [6, 6.07) is 18.7. The number of hydrogen-bond acceptors (Lipinski definition) is 3. The lowest BCUT2D eigenvalue weighted by Crippen LogP contribution is -2.40. The number of hydrogen-bond donors (Lipinski definition) is 1. The molecule has 1 atom stereocenters. The van der Waals surface area contributed by atoms with Crippen molar-refractivity contribution in [3.8, 4) is 0 Å². The zero-order valence-corrected chi connectivity index (χ0v) is 21.8. The average Bonchev–Trinajstić information content (AvgIpc) is 3.47. The lowest BCUT2D eigenvalue weighted by molar-refractivity contribution is 0.106. The van der Waals surface area contributed by atoms with Crippen LogP contribution in [0, 0.1) is 0 Å². The van der Waals surface area contributed by atoms with Crippen molar-refractivity contribution in [1.82, 2.24) is 20.0 Å². The van der Waals surface area contributed by atoms with Crippen LogP contribution in [0.4, 0.5) is 0 Å². The first kappa shape index (κ1) is 25.2. The van der Waals surface area contributed by atoms with Crippen LogP contribution in [0.1, 0.15) is 41.5 Å². The zero-order chi connectivity index (χ0) is 22.2. The van der Waals surface area contributed by atoms with Gasteiger partial charge in [-0.25, -0.2) is 4.99 Å². The molecule has 2 aromatic carbocycles. The van der Waals surface area contributed by atoms with Gasteiger partial charge in [-0.3, -0.25) is 4.68 Å². The molecule has 1 saturated heterocycles. The third-order valence-corrected chi connectivity index (χ3v) is 5.91. The maximum absolute atomic E-state index is 5.98. The first-order valence-electron chi connectivity index (χ1n) is 11.4. The summed E-state index contributed by atoms with van der Waals surface area (Å²) < 4.78 is 7.87. The Hall–Kier alpha value is -2.39. The molecule has 0 radical (unpaired) electrons. The lowest BCUT2D eigenvalue weighted by atomic mass is 10.0. The van der Waals surface area contributed by atoms with Crippen LogP contribution in [0.25, 0.3) is 0 Å². The normalized spacial score (nSPS) is 16.0. The smallest absolute Gasteiger partial charge is 0.194 e. The maximum atomic E-state index is 5.98. The first-order chi connectivity index (χ1) is 15.7. The molecular formula is C26H34IN5O. The summed E-state index contributed by atoms with van der Waals surface area (Å²) in [5.41, 5.74) is 4.90. The Morgan fingerprint density at radius 1 is 1.09 bits per heavy atom. The molecule has 0 bridgehead atoms. The molecule has 176 valence electrons. The number of nitrogens with zero attached hydrogens (tertiary/aromatic N) is 4. The summed E-state index contributed by atoms with van der Waals surface area (Å²) in [6.45, 7) is 6.80. The fraction of sp³-hybridized carbons (Fsp3) is 0.385. The number of ether oxygens (including phenoxy) is 1. The standard InChI is InChI=1S/C26H33N5O.HI/c1-3-27-26(31-14-13-23(18-31)25-16-29-30(2)17-25)28-15-22-11-7-8-12-24(22)20-32-19-21-9-5-4-6-10-21;/h4-12,16-17,23H,3,13-15,18-20H2,1-2H3,(H,27,28);1H. The molecule has 0 aliphatic carbocycles. The van der Waals surface area contributed by atoms with Crippen molar-refractivity contribution in [2.45, 2.75) is 39.0 Å². The van der Waals surface area contributed by atoms with Crippen molar-refractivity contribution in [3.05, 3.63) is 89.2 Å². The van der Waals surface area contributed by atoms with E-state index in [2.05, 4.69) is 64.8 Å². The van der Waals surface area contributed by atoms with Gasteiger partial charge >= 0.3 is 0 Å². The number of aliphatic imine (C=N–C) groups is 1. The van der Waals surface area contributed by atoms with Crippen LogP contribution in [0.2, 0.25) is 0 Å². The van der Waals surface area contributed by atoms with Gasteiger partial charge in [-0.2, -0.15) is 5.10 Å². The van der Waals surface area contributed by atoms with Gasteiger partial charge in [0.15, 0.2) is 5.96 Å². The van der Waals surface area contributed by atoms with Crippen LogP contribution < -0.4 is 5.32 Å². The molecule has 1 fully saturated rings. The molecule has 4 rings (SSSR count). The van der Waals surface area contributed by atoms with Crippen molar-refractivity contribution in [1.29, 1.82) is 0 Å². The molecule has 0 spiro atoms. The Bertz CT molecular complexity index is 1020. The summed E-state index contributed by atoms with van der Waals surface area (Å²) in [6.07, 6.45) is 5.24. The minimum Gasteiger partial charge on any atom is -0.372 e. The third kappa shape index (κ3) is 7.04. The van der Waals surface area contributed by atoms with E-state index in [1.165, 1.54) is 22.3 Å². The van der Waals surface area contributed by atoms with Crippen molar-refractivity contribution in [2.75, 3.05) is 19.6 Å². The highest BCUT2D eigenvalue weighted by Crippen LogP contribution is 2.26. The predicted molar refractivity (Wildman–Crippen MR) is 144 cm³/mol. The molecule has 1 aliphatic rings. The third-order valence-electron chi connectivity index (χ3n) is 5.91. The van der Waals surface area contributed by atoms with Gasteiger partial charge in [0.05, 0.1) is 26.0 Å². The maximum Gasteiger partial charge on any atom is 0.194 e. The van der Waals surface area contributed by atoms with Crippen molar-refractivity contribution < 1.29 is 4.74 Å². The molecule has 0 amide bonds. The fourth-order valence-corrected chi connectivity index (χ4v) is 4.17. The second-order valence-electron chi connectivity index (χ2n) is 8.30. The Kier molecular flexibility index (Phi) is 9.75. The molecule has 0 saturated carbocycles. The van der Waals surface area contributed by atoms with E-state index in [0.717, 1.165) is 32.0 Å². The van der Waals surface area contributed by atoms with Gasteiger partial charge in [-0.05, 0) is 35.6 Å². The van der Waals surface area contributed by atoms with Crippen LogP contribution in [0.3, 0.4) is 0 Å². The number of likely N-dealkylation sites (tertiary alicyclic amines) is 1. The molecule has 33 heavy (non-hydrogen) atoms. The SMILES string of the molecule is CCNC(=NCc1ccccc1COCc1ccccc1)N1CCC(c2cnn(C)c2)C1.I. The summed E-state index contributed by atoms with van der Waals surface area (Å²) >= 11 is 0. The van der Waals surface area contributed by atoms with Crippen molar-refractivity contribution in [3.63, 3.8) is 0 Å². The van der Waals surface area contributed by atoms with Crippen LogP contribution in [-0.4, -0.2) is 40.3 Å².